The van der Waals surface area contributed by atoms with Crippen LogP contribution in [-0.4, -0.2) is 41.8 Å². The van der Waals surface area contributed by atoms with E-state index in [4.69, 9.17) is 9.84 Å². The summed E-state index contributed by atoms with van der Waals surface area (Å²) in [5, 5.41) is 14.3. The van der Waals surface area contributed by atoms with Gasteiger partial charge in [0.25, 0.3) is 0 Å². The van der Waals surface area contributed by atoms with Gasteiger partial charge in [0, 0.05) is 11.8 Å². The zero-order chi connectivity index (χ0) is 22.7. The zero-order valence-electron chi connectivity index (χ0n) is 17.8. The van der Waals surface area contributed by atoms with E-state index in [0.717, 1.165) is 22.3 Å². The van der Waals surface area contributed by atoms with Gasteiger partial charge in [-0.3, -0.25) is 9.59 Å². The van der Waals surface area contributed by atoms with Crippen LogP contribution in [0.15, 0.2) is 60.7 Å². The van der Waals surface area contributed by atoms with Crippen molar-refractivity contribution in [3.63, 3.8) is 0 Å². The molecule has 0 aliphatic heterocycles. The molecule has 0 saturated heterocycles. The van der Waals surface area contributed by atoms with Crippen molar-refractivity contribution in [2.75, 3.05) is 6.61 Å². The topological polar surface area (TPSA) is 105 Å². The number of carboxylic acids is 1. The Labute approximate surface area is 186 Å². The van der Waals surface area contributed by atoms with Crippen molar-refractivity contribution in [2.45, 2.75) is 37.8 Å². The fourth-order valence-electron chi connectivity index (χ4n) is 4.39. The van der Waals surface area contributed by atoms with Crippen molar-refractivity contribution in [1.82, 2.24) is 10.6 Å². The molecule has 166 valence electrons. The van der Waals surface area contributed by atoms with Gasteiger partial charge in [-0.25, -0.2) is 4.79 Å². The molecule has 2 aliphatic carbocycles. The van der Waals surface area contributed by atoms with E-state index in [1.165, 1.54) is 6.92 Å². The number of hydrogen-bond donors (Lipinski definition) is 3. The van der Waals surface area contributed by atoms with E-state index in [-0.39, 0.29) is 24.5 Å². The monoisotopic (exact) mass is 434 g/mol. The standard InChI is InChI=1S/C25H26N2O5/c1-15(24(29)30)26-23(28)16-7-6-8-17(13-16)27-25(31)32-14-22-20-11-4-2-9-18(20)19-10-3-5-12-21(19)22/h2-6,8-12,15-17,22H,7,13-14H2,1H3,(H,26,28)(H,27,31)(H,29,30)/t15?,16-,17-/m1/s1. The number of fused-ring (bicyclic) bond motifs is 3. The van der Waals surface area contributed by atoms with Crippen LogP contribution in [-0.2, 0) is 14.3 Å². The fourth-order valence-corrected chi connectivity index (χ4v) is 4.39. The van der Waals surface area contributed by atoms with E-state index in [9.17, 15) is 14.4 Å². The molecule has 0 spiro atoms. The number of rotatable bonds is 6. The van der Waals surface area contributed by atoms with Gasteiger partial charge in [-0.15, -0.1) is 0 Å². The highest BCUT2D eigenvalue weighted by atomic mass is 16.5. The molecule has 0 fully saturated rings. The van der Waals surface area contributed by atoms with Gasteiger partial charge < -0.3 is 20.5 Å². The molecule has 1 unspecified atom stereocenters. The molecular formula is C25H26N2O5. The Hall–Kier alpha value is -3.61. The maximum atomic E-state index is 12.5. The van der Waals surface area contributed by atoms with Crippen LogP contribution in [0.25, 0.3) is 11.1 Å². The first-order valence-corrected chi connectivity index (χ1v) is 10.8. The average molecular weight is 434 g/mol. The molecule has 2 amide bonds. The lowest BCUT2D eigenvalue weighted by Gasteiger charge is -2.25. The number of carbonyl (C=O) groups excluding carboxylic acids is 2. The van der Waals surface area contributed by atoms with E-state index in [2.05, 4.69) is 34.9 Å². The highest BCUT2D eigenvalue weighted by Gasteiger charge is 2.30. The molecule has 3 atom stereocenters. The summed E-state index contributed by atoms with van der Waals surface area (Å²) in [4.78, 5) is 35.8. The van der Waals surface area contributed by atoms with Crippen LogP contribution in [0.2, 0.25) is 0 Å². The highest BCUT2D eigenvalue weighted by Crippen LogP contribution is 2.44. The lowest BCUT2D eigenvalue weighted by molar-refractivity contribution is -0.142. The third-order valence-electron chi connectivity index (χ3n) is 6.07. The SMILES string of the molecule is CC(NC(=O)[C@@H]1CC=C[C@@H](NC(=O)OCC2c3ccccc3-c3ccccc32)C1)C(=O)O. The van der Waals surface area contributed by atoms with E-state index in [1.54, 1.807) is 0 Å². The smallest absolute Gasteiger partial charge is 0.407 e. The number of amides is 2. The molecule has 7 heteroatoms. The Kier molecular flexibility index (Phi) is 6.25. The van der Waals surface area contributed by atoms with Crippen LogP contribution in [0.1, 0.15) is 36.8 Å². The Morgan fingerprint density at radius 2 is 1.69 bits per heavy atom. The van der Waals surface area contributed by atoms with E-state index >= 15 is 0 Å². The summed E-state index contributed by atoms with van der Waals surface area (Å²) in [5.74, 6) is -1.84. The normalized spacial score (nSPS) is 20.0. The second-order valence-corrected chi connectivity index (χ2v) is 8.24. The second-order valence-electron chi connectivity index (χ2n) is 8.24. The molecule has 0 heterocycles. The van der Waals surface area contributed by atoms with Crippen LogP contribution >= 0.6 is 0 Å². The first kappa shape index (κ1) is 21.6. The largest absolute Gasteiger partial charge is 0.480 e. The van der Waals surface area contributed by atoms with Crippen LogP contribution < -0.4 is 10.6 Å². The van der Waals surface area contributed by atoms with Crippen molar-refractivity contribution in [3.8, 4) is 11.1 Å². The van der Waals surface area contributed by atoms with Crippen molar-refractivity contribution in [1.29, 1.82) is 0 Å². The summed E-state index contributed by atoms with van der Waals surface area (Å²) in [7, 11) is 0. The van der Waals surface area contributed by atoms with Crippen LogP contribution in [0, 0.1) is 5.92 Å². The quantitative estimate of drug-likeness (QED) is 0.604. The maximum absolute atomic E-state index is 12.5. The first-order chi connectivity index (χ1) is 15.4. The van der Waals surface area contributed by atoms with Gasteiger partial charge >= 0.3 is 12.1 Å². The molecule has 7 nitrogen and oxygen atoms in total. The molecule has 4 rings (SSSR count). The Bertz CT molecular complexity index is 1020. The number of aliphatic carboxylic acids is 1. The molecule has 0 saturated carbocycles. The minimum Gasteiger partial charge on any atom is -0.480 e. The predicted octanol–water partition coefficient (Wildman–Crippen LogP) is 3.45. The average Bonchev–Trinajstić information content (AvgIpc) is 3.11. The van der Waals surface area contributed by atoms with Gasteiger partial charge in [0.1, 0.15) is 12.6 Å². The summed E-state index contributed by atoms with van der Waals surface area (Å²) in [6, 6.07) is 15.0. The number of allylic oxidation sites excluding steroid dienone is 1. The first-order valence-electron chi connectivity index (χ1n) is 10.8. The number of hydrogen-bond acceptors (Lipinski definition) is 4. The van der Waals surface area contributed by atoms with E-state index in [0.29, 0.717) is 12.8 Å². The molecule has 2 aromatic carbocycles. The molecule has 2 aromatic rings. The molecular weight excluding hydrogens is 408 g/mol. The Morgan fingerprint density at radius 1 is 1.06 bits per heavy atom. The number of benzene rings is 2. The third-order valence-corrected chi connectivity index (χ3v) is 6.07. The highest BCUT2D eigenvalue weighted by molar-refractivity contribution is 5.85. The van der Waals surface area contributed by atoms with Crippen molar-refractivity contribution in [3.05, 3.63) is 71.8 Å². The van der Waals surface area contributed by atoms with Crippen LogP contribution in [0.5, 0.6) is 0 Å². The second kappa shape index (κ2) is 9.26. The number of nitrogens with one attached hydrogen (secondary N) is 2. The number of carbonyl (C=O) groups is 3. The van der Waals surface area contributed by atoms with Gasteiger partial charge in [-0.1, -0.05) is 60.7 Å². The van der Waals surface area contributed by atoms with E-state index < -0.39 is 24.0 Å². The lowest BCUT2D eigenvalue weighted by Crippen LogP contribution is -2.45. The molecule has 0 aromatic heterocycles. The number of ether oxygens (including phenoxy) is 1. The lowest BCUT2D eigenvalue weighted by atomic mass is 9.90. The van der Waals surface area contributed by atoms with Gasteiger partial charge in [0.05, 0.1) is 6.04 Å². The zero-order valence-corrected chi connectivity index (χ0v) is 17.8. The maximum Gasteiger partial charge on any atom is 0.407 e. The minimum absolute atomic E-state index is 0.0221. The summed E-state index contributed by atoms with van der Waals surface area (Å²) in [6.45, 7) is 1.64. The molecule has 0 bridgehead atoms. The van der Waals surface area contributed by atoms with Gasteiger partial charge in [-0.05, 0) is 42.0 Å². The third kappa shape index (κ3) is 4.51. The summed E-state index contributed by atoms with van der Waals surface area (Å²) in [5.41, 5.74) is 4.61. The van der Waals surface area contributed by atoms with Crippen molar-refractivity contribution in [2.24, 2.45) is 5.92 Å². The van der Waals surface area contributed by atoms with Crippen molar-refractivity contribution >= 4 is 18.0 Å². The van der Waals surface area contributed by atoms with Gasteiger partial charge in [-0.2, -0.15) is 0 Å². The molecule has 2 aliphatic rings. The van der Waals surface area contributed by atoms with Gasteiger partial charge in [0.2, 0.25) is 5.91 Å². The fraction of sp³-hybridized carbons (Fsp3) is 0.320. The minimum atomic E-state index is -1.09. The van der Waals surface area contributed by atoms with Crippen LogP contribution in [0.3, 0.4) is 0 Å². The van der Waals surface area contributed by atoms with Crippen molar-refractivity contribution < 1.29 is 24.2 Å². The summed E-state index contributed by atoms with van der Waals surface area (Å²) >= 11 is 0. The van der Waals surface area contributed by atoms with E-state index in [1.807, 2.05) is 36.4 Å². The predicted molar refractivity (Wildman–Crippen MR) is 119 cm³/mol. The molecule has 32 heavy (non-hydrogen) atoms. The molecule has 3 N–H and O–H groups in total. The Morgan fingerprint density at radius 3 is 2.31 bits per heavy atom. The number of alkyl carbamates (subject to hydrolysis) is 1. The Balaban J connectivity index is 1.34. The molecule has 0 radical (unpaired) electrons. The van der Waals surface area contributed by atoms with Crippen LogP contribution in [0.4, 0.5) is 4.79 Å². The van der Waals surface area contributed by atoms with Gasteiger partial charge in [0.15, 0.2) is 0 Å². The summed E-state index contributed by atoms with van der Waals surface area (Å²) in [6.07, 6.45) is 4.01. The number of carboxylic acid groups (broad SMARTS) is 1. The summed E-state index contributed by atoms with van der Waals surface area (Å²) < 4.78 is 5.57.